The number of benzene rings is 3. The number of halogens is 1. The fourth-order valence-electron chi connectivity index (χ4n) is 3.77. The fraction of sp³-hybridized carbons (Fsp3) is 0.154. The number of fused-ring (bicyclic) bond motifs is 1. The molecular formula is C26H23FN2O4S. The maximum absolute atomic E-state index is 13.6. The number of para-hydroxylation sites is 1. The van der Waals surface area contributed by atoms with Crippen LogP contribution < -0.4 is 5.56 Å². The Morgan fingerprint density at radius 2 is 1.65 bits per heavy atom. The Morgan fingerprint density at radius 3 is 2.29 bits per heavy atom. The van der Waals surface area contributed by atoms with Crippen molar-refractivity contribution in [2.75, 3.05) is 0 Å². The van der Waals surface area contributed by atoms with Gasteiger partial charge in [0.1, 0.15) is 5.82 Å². The van der Waals surface area contributed by atoms with Crippen LogP contribution in [0.5, 0.6) is 0 Å². The fourth-order valence-corrected chi connectivity index (χ4v) is 5.17. The lowest BCUT2D eigenvalue weighted by Crippen LogP contribution is -2.32. The Balaban J connectivity index is 1.77. The number of nitrogens with one attached hydrogen (secondary N) is 1. The number of sulfonamides is 1. The number of Topliss-reactive ketones (excluding diaryl/α,β-unsaturated/α-hetero) is 1. The van der Waals surface area contributed by atoms with Gasteiger partial charge >= 0.3 is 0 Å². The van der Waals surface area contributed by atoms with Crippen molar-refractivity contribution < 1.29 is 17.6 Å². The highest BCUT2D eigenvalue weighted by Crippen LogP contribution is 2.23. The first-order valence-corrected chi connectivity index (χ1v) is 12.1. The average molecular weight is 479 g/mol. The van der Waals surface area contributed by atoms with E-state index in [4.69, 9.17) is 0 Å². The summed E-state index contributed by atoms with van der Waals surface area (Å²) in [6.45, 7) is 3.03. The summed E-state index contributed by atoms with van der Waals surface area (Å²) in [4.78, 5) is 27.3. The van der Waals surface area contributed by atoms with Gasteiger partial charge in [0, 0.05) is 24.2 Å². The van der Waals surface area contributed by atoms with Crippen LogP contribution in [0, 0.1) is 12.7 Å². The second-order valence-corrected chi connectivity index (χ2v) is 10.1. The van der Waals surface area contributed by atoms with E-state index >= 15 is 0 Å². The smallest absolute Gasteiger partial charge is 0.252 e. The van der Waals surface area contributed by atoms with Gasteiger partial charge in [0.25, 0.3) is 5.56 Å². The molecule has 0 amide bonds. The maximum Gasteiger partial charge on any atom is 0.252 e. The zero-order valence-corrected chi connectivity index (χ0v) is 19.5. The minimum Gasteiger partial charge on any atom is -0.321 e. The van der Waals surface area contributed by atoms with Gasteiger partial charge in [0.15, 0.2) is 5.78 Å². The lowest BCUT2D eigenvalue weighted by Gasteiger charge is -2.22. The van der Waals surface area contributed by atoms with Gasteiger partial charge in [-0.2, -0.15) is 4.31 Å². The van der Waals surface area contributed by atoms with E-state index in [1.54, 1.807) is 6.07 Å². The molecule has 3 aromatic carbocycles. The number of carbonyl (C=O) groups is 1. The molecule has 0 aliphatic carbocycles. The summed E-state index contributed by atoms with van der Waals surface area (Å²) >= 11 is 0. The van der Waals surface area contributed by atoms with Crippen LogP contribution in [0.3, 0.4) is 0 Å². The molecule has 0 unspecified atom stereocenters. The van der Waals surface area contributed by atoms with Crippen molar-refractivity contribution >= 4 is 26.7 Å². The predicted molar refractivity (Wildman–Crippen MR) is 129 cm³/mol. The monoisotopic (exact) mass is 478 g/mol. The lowest BCUT2D eigenvalue weighted by molar-refractivity contribution is 0.101. The van der Waals surface area contributed by atoms with E-state index in [9.17, 15) is 22.4 Å². The summed E-state index contributed by atoms with van der Waals surface area (Å²) in [7, 11) is -4.05. The first-order valence-electron chi connectivity index (χ1n) is 10.6. The standard InChI is InChI=1S/C26H23FN2O4S/c1-17-4-3-5-21-14-22(26(31)28-25(17)21)16-29(15-19-6-10-23(27)11-7-19)34(32,33)24-12-8-20(9-13-24)18(2)30/h3-14H,15-16H2,1-2H3,(H,28,31). The van der Waals surface area contributed by atoms with E-state index in [0.29, 0.717) is 16.6 Å². The number of rotatable bonds is 7. The molecule has 0 aliphatic rings. The highest BCUT2D eigenvalue weighted by molar-refractivity contribution is 7.89. The van der Waals surface area contributed by atoms with E-state index in [-0.39, 0.29) is 34.9 Å². The van der Waals surface area contributed by atoms with Crippen molar-refractivity contribution in [1.29, 1.82) is 0 Å². The Morgan fingerprint density at radius 1 is 0.971 bits per heavy atom. The van der Waals surface area contributed by atoms with Crippen LogP contribution in [0.4, 0.5) is 4.39 Å². The number of H-pyrrole nitrogens is 1. The minimum absolute atomic E-state index is 0.00678. The summed E-state index contributed by atoms with van der Waals surface area (Å²) in [6.07, 6.45) is 0. The first-order chi connectivity index (χ1) is 16.1. The van der Waals surface area contributed by atoms with E-state index in [1.807, 2.05) is 25.1 Å². The number of pyridine rings is 1. The van der Waals surface area contributed by atoms with Crippen molar-refractivity contribution in [1.82, 2.24) is 9.29 Å². The lowest BCUT2D eigenvalue weighted by atomic mass is 10.1. The number of aromatic amines is 1. The Bertz CT molecular complexity index is 1530. The molecule has 8 heteroatoms. The molecule has 6 nitrogen and oxygen atoms in total. The maximum atomic E-state index is 13.6. The van der Waals surface area contributed by atoms with E-state index < -0.39 is 15.8 Å². The van der Waals surface area contributed by atoms with Crippen LogP contribution >= 0.6 is 0 Å². The topological polar surface area (TPSA) is 87.3 Å². The molecule has 4 aromatic rings. The van der Waals surface area contributed by atoms with E-state index in [0.717, 1.165) is 10.9 Å². The molecule has 1 aromatic heterocycles. The van der Waals surface area contributed by atoms with Crippen LogP contribution in [0.1, 0.15) is 34.0 Å². The Hall–Kier alpha value is -3.62. The third-order valence-electron chi connectivity index (χ3n) is 5.68. The number of aromatic nitrogens is 1. The number of nitrogens with zero attached hydrogens (tertiary/aromatic N) is 1. The van der Waals surface area contributed by atoms with Gasteiger partial charge in [-0.15, -0.1) is 0 Å². The van der Waals surface area contributed by atoms with Gasteiger partial charge in [0.05, 0.1) is 10.4 Å². The minimum atomic E-state index is -4.05. The molecule has 174 valence electrons. The summed E-state index contributed by atoms with van der Waals surface area (Å²) in [5, 5.41) is 0.791. The normalized spacial score (nSPS) is 11.8. The van der Waals surface area contributed by atoms with Crippen molar-refractivity contribution in [2.24, 2.45) is 0 Å². The van der Waals surface area contributed by atoms with Crippen LogP contribution in [0.2, 0.25) is 0 Å². The molecule has 4 rings (SSSR count). The van der Waals surface area contributed by atoms with Crippen LogP contribution in [0.15, 0.2) is 82.5 Å². The molecular weight excluding hydrogens is 455 g/mol. The van der Waals surface area contributed by atoms with Crippen molar-refractivity contribution in [3.63, 3.8) is 0 Å². The van der Waals surface area contributed by atoms with E-state index in [1.165, 1.54) is 59.8 Å². The first kappa shape index (κ1) is 23.5. The summed E-state index contributed by atoms with van der Waals surface area (Å²) in [6, 6.07) is 18.5. The Labute approximate surface area is 196 Å². The van der Waals surface area contributed by atoms with Gasteiger partial charge in [-0.05, 0) is 60.7 Å². The predicted octanol–water partition coefficient (Wildman–Crippen LogP) is 4.57. The number of carbonyl (C=O) groups excluding carboxylic acids is 1. The third-order valence-corrected chi connectivity index (χ3v) is 7.49. The van der Waals surface area contributed by atoms with Crippen molar-refractivity contribution in [2.45, 2.75) is 31.8 Å². The number of hydrogen-bond donors (Lipinski definition) is 1. The summed E-state index contributed by atoms with van der Waals surface area (Å²) in [5.74, 6) is -0.607. The third kappa shape index (κ3) is 4.83. The largest absolute Gasteiger partial charge is 0.321 e. The molecule has 0 saturated carbocycles. The highest BCUT2D eigenvalue weighted by Gasteiger charge is 2.26. The molecule has 0 fully saturated rings. The van der Waals surface area contributed by atoms with Crippen LogP contribution in [-0.4, -0.2) is 23.5 Å². The van der Waals surface area contributed by atoms with Gasteiger partial charge < -0.3 is 4.98 Å². The molecule has 0 radical (unpaired) electrons. The molecule has 0 bridgehead atoms. The van der Waals surface area contributed by atoms with E-state index in [2.05, 4.69) is 4.98 Å². The zero-order chi connectivity index (χ0) is 24.5. The molecule has 0 aliphatic heterocycles. The molecule has 0 atom stereocenters. The van der Waals surface area contributed by atoms with Gasteiger partial charge in [-0.1, -0.05) is 42.5 Å². The second-order valence-electron chi connectivity index (χ2n) is 8.14. The summed E-state index contributed by atoms with van der Waals surface area (Å²) in [5.41, 5.74) is 2.47. The molecule has 1 N–H and O–H groups in total. The molecule has 1 heterocycles. The van der Waals surface area contributed by atoms with Crippen LogP contribution in [-0.2, 0) is 23.1 Å². The zero-order valence-electron chi connectivity index (χ0n) is 18.7. The van der Waals surface area contributed by atoms with Crippen molar-refractivity contribution in [3.05, 3.63) is 111 Å². The quantitative estimate of drug-likeness (QED) is 0.394. The number of aryl methyl sites for hydroxylation is 1. The highest BCUT2D eigenvalue weighted by atomic mass is 32.2. The second kappa shape index (κ2) is 9.32. The molecule has 0 spiro atoms. The van der Waals surface area contributed by atoms with Gasteiger partial charge in [-0.25, -0.2) is 12.8 Å². The number of ketones is 1. The van der Waals surface area contributed by atoms with Crippen molar-refractivity contribution in [3.8, 4) is 0 Å². The van der Waals surface area contributed by atoms with Crippen LogP contribution in [0.25, 0.3) is 10.9 Å². The van der Waals surface area contributed by atoms with Gasteiger partial charge in [0.2, 0.25) is 10.0 Å². The summed E-state index contributed by atoms with van der Waals surface area (Å²) < 4.78 is 41.7. The van der Waals surface area contributed by atoms with Gasteiger partial charge in [-0.3, -0.25) is 9.59 Å². The SMILES string of the molecule is CC(=O)c1ccc(S(=O)(=O)N(Cc2ccc(F)cc2)Cc2cc3cccc(C)c3[nH]c2=O)cc1. The molecule has 34 heavy (non-hydrogen) atoms. The average Bonchev–Trinajstić information content (AvgIpc) is 2.81. The Kier molecular flexibility index (Phi) is 6.45. The number of hydrogen-bond acceptors (Lipinski definition) is 4. The molecule has 0 saturated heterocycles.